The van der Waals surface area contributed by atoms with Crippen LogP contribution < -0.4 is 0 Å². The molecule has 0 unspecified atom stereocenters. The summed E-state index contributed by atoms with van der Waals surface area (Å²) in [6.07, 6.45) is 8.20. The highest BCUT2D eigenvalue weighted by atomic mass is 16.2. The molecule has 82 valence electrons. The molecule has 2 nitrogen and oxygen atoms in total. The summed E-state index contributed by atoms with van der Waals surface area (Å²) in [4.78, 5) is 13.9. The lowest BCUT2D eigenvalue weighted by Gasteiger charge is -2.37. The summed E-state index contributed by atoms with van der Waals surface area (Å²) in [5.41, 5.74) is -0.00347. The maximum absolute atomic E-state index is 12.1. The third-order valence-electron chi connectivity index (χ3n) is 3.40. The predicted molar refractivity (Wildman–Crippen MR) is 59.1 cm³/mol. The Morgan fingerprint density at radius 2 is 1.79 bits per heavy atom. The Morgan fingerprint density at radius 1 is 1.21 bits per heavy atom. The van der Waals surface area contributed by atoms with Gasteiger partial charge in [0, 0.05) is 19.5 Å². The number of nitrogens with zero attached hydrogens (tertiary/aromatic N) is 1. The lowest BCUT2D eigenvalue weighted by molar-refractivity contribution is -0.142. The largest absolute Gasteiger partial charge is 0.348 e. The average Bonchev–Trinajstić information content (AvgIpc) is 2.18. The van der Waals surface area contributed by atoms with Crippen LogP contribution in [-0.4, -0.2) is 24.9 Å². The lowest BCUT2D eigenvalue weighted by atomic mass is 9.70. The summed E-state index contributed by atoms with van der Waals surface area (Å²) in [7, 11) is 3.77. The molecule has 0 N–H and O–H groups in total. The number of hydrogen-bond donors (Lipinski definition) is 0. The van der Waals surface area contributed by atoms with E-state index in [1.54, 1.807) is 4.90 Å². The van der Waals surface area contributed by atoms with E-state index in [-0.39, 0.29) is 5.41 Å². The highest BCUT2D eigenvalue weighted by molar-refractivity contribution is 5.82. The highest BCUT2D eigenvalue weighted by Crippen LogP contribution is 2.41. The molecule has 1 rings (SSSR count). The van der Waals surface area contributed by atoms with Crippen LogP contribution in [0.25, 0.3) is 0 Å². The van der Waals surface area contributed by atoms with Crippen molar-refractivity contribution >= 4 is 5.91 Å². The fourth-order valence-electron chi connectivity index (χ4n) is 2.75. The van der Waals surface area contributed by atoms with Crippen molar-refractivity contribution in [2.24, 2.45) is 5.41 Å². The second-order valence-corrected chi connectivity index (χ2v) is 4.79. The molecule has 0 atom stereocenters. The van der Waals surface area contributed by atoms with E-state index in [2.05, 4.69) is 6.92 Å². The molecule has 0 aliphatic heterocycles. The van der Waals surface area contributed by atoms with Gasteiger partial charge in [-0.05, 0) is 19.3 Å². The molecule has 0 spiro atoms. The van der Waals surface area contributed by atoms with E-state index >= 15 is 0 Å². The Hall–Kier alpha value is -0.530. The quantitative estimate of drug-likeness (QED) is 0.681. The minimum atomic E-state index is -0.00347. The Morgan fingerprint density at radius 3 is 2.21 bits per heavy atom. The summed E-state index contributed by atoms with van der Waals surface area (Å²) in [5, 5.41) is 0. The summed E-state index contributed by atoms with van der Waals surface area (Å²) >= 11 is 0. The minimum Gasteiger partial charge on any atom is -0.348 e. The van der Waals surface area contributed by atoms with Crippen LogP contribution in [0.2, 0.25) is 0 Å². The van der Waals surface area contributed by atoms with Gasteiger partial charge in [0.15, 0.2) is 0 Å². The number of amides is 1. The topological polar surface area (TPSA) is 20.3 Å². The molecule has 1 fully saturated rings. The smallest absolute Gasteiger partial charge is 0.228 e. The molecular formula is C12H23NO. The van der Waals surface area contributed by atoms with Crippen LogP contribution in [0.4, 0.5) is 0 Å². The van der Waals surface area contributed by atoms with Gasteiger partial charge in [-0.1, -0.05) is 32.6 Å². The normalized spacial score (nSPS) is 20.5. The van der Waals surface area contributed by atoms with Crippen molar-refractivity contribution in [3.63, 3.8) is 0 Å². The first kappa shape index (κ1) is 11.5. The summed E-state index contributed by atoms with van der Waals surface area (Å²) < 4.78 is 0. The first-order valence-corrected chi connectivity index (χ1v) is 5.84. The van der Waals surface area contributed by atoms with Gasteiger partial charge in [-0.3, -0.25) is 4.79 Å². The van der Waals surface area contributed by atoms with Crippen molar-refractivity contribution in [3.8, 4) is 0 Å². The van der Waals surface area contributed by atoms with Gasteiger partial charge < -0.3 is 4.90 Å². The van der Waals surface area contributed by atoms with Gasteiger partial charge in [-0.2, -0.15) is 0 Å². The predicted octanol–water partition coefficient (Wildman–Crippen LogP) is 2.83. The molecular weight excluding hydrogens is 174 g/mol. The summed E-state index contributed by atoms with van der Waals surface area (Å²) in [6.45, 7) is 2.18. The van der Waals surface area contributed by atoms with E-state index in [4.69, 9.17) is 0 Å². The van der Waals surface area contributed by atoms with Crippen LogP contribution in [0.5, 0.6) is 0 Å². The molecule has 0 saturated heterocycles. The molecule has 0 heterocycles. The van der Waals surface area contributed by atoms with Gasteiger partial charge in [0.05, 0.1) is 0 Å². The maximum Gasteiger partial charge on any atom is 0.228 e. The van der Waals surface area contributed by atoms with Crippen LogP contribution in [0.3, 0.4) is 0 Å². The van der Waals surface area contributed by atoms with E-state index in [1.165, 1.54) is 19.3 Å². The zero-order chi connectivity index (χ0) is 10.6. The number of rotatable bonds is 3. The molecule has 1 saturated carbocycles. The Labute approximate surface area is 87.7 Å². The van der Waals surface area contributed by atoms with Gasteiger partial charge in [0.2, 0.25) is 5.91 Å². The first-order valence-electron chi connectivity index (χ1n) is 5.84. The zero-order valence-corrected chi connectivity index (χ0v) is 9.81. The van der Waals surface area contributed by atoms with E-state index in [0.717, 1.165) is 25.7 Å². The Balaban J connectivity index is 2.74. The monoisotopic (exact) mass is 197 g/mol. The molecule has 0 aromatic heterocycles. The van der Waals surface area contributed by atoms with E-state index in [0.29, 0.717) is 5.91 Å². The Bertz CT molecular complexity index is 187. The molecule has 0 radical (unpaired) electrons. The van der Waals surface area contributed by atoms with Gasteiger partial charge in [0.1, 0.15) is 0 Å². The molecule has 2 heteroatoms. The molecule has 14 heavy (non-hydrogen) atoms. The Kier molecular flexibility index (Phi) is 3.97. The van der Waals surface area contributed by atoms with E-state index in [1.807, 2.05) is 14.1 Å². The summed E-state index contributed by atoms with van der Waals surface area (Å²) in [6, 6.07) is 0. The first-order chi connectivity index (χ1) is 6.62. The van der Waals surface area contributed by atoms with Crippen LogP contribution >= 0.6 is 0 Å². The van der Waals surface area contributed by atoms with E-state index < -0.39 is 0 Å². The lowest BCUT2D eigenvalue weighted by Crippen LogP contribution is -2.41. The number of hydrogen-bond acceptors (Lipinski definition) is 1. The van der Waals surface area contributed by atoms with E-state index in [9.17, 15) is 4.79 Å². The fraction of sp³-hybridized carbons (Fsp3) is 0.917. The fourth-order valence-corrected chi connectivity index (χ4v) is 2.75. The van der Waals surface area contributed by atoms with Crippen molar-refractivity contribution in [3.05, 3.63) is 0 Å². The van der Waals surface area contributed by atoms with Gasteiger partial charge in [-0.25, -0.2) is 0 Å². The summed E-state index contributed by atoms with van der Waals surface area (Å²) in [5.74, 6) is 0.360. The molecule has 0 aromatic carbocycles. The van der Waals surface area contributed by atoms with Crippen molar-refractivity contribution in [2.45, 2.75) is 51.9 Å². The molecule has 1 amide bonds. The van der Waals surface area contributed by atoms with Gasteiger partial charge in [-0.15, -0.1) is 0 Å². The van der Waals surface area contributed by atoms with Gasteiger partial charge >= 0.3 is 0 Å². The number of carbonyl (C=O) groups excluding carboxylic acids is 1. The van der Waals surface area contributed by atoms with Crippen LogP contribution in [0, 0.1) is 5.41 Å². The maximum atomic E-state index is 12.1. The van der Waals surface area contributed by atoms with Crippen LogP contribution in [-0.2, 0) is 4.79 Å². The van der Waals surface area contributed by atoms with Crippen molar-refractivity contribution < 1.29 is 4.79 Å². The van der Waals surface area contributed by atoms with Gasteiger partial charge in [0.25, 0.3) is 0 Å². The zero-order valence-electron chi connectivity index (χ0n) is 9.81. The molecule has 0 bridgehead atoms. The molecule has 0 aromatic rings. The average molecular weight is 197 g/mol. The number of carbonyl (C=O) groups is 1. The minimum absolute atomic E-state index is 0.00347. The standard InChI is InChI=1S/C12H23NO/c1-4-8-12(11(14)13(2)3)9-6-5-7-10-12/h4-10H2,1-3H3. The third-order valence-corrected chi connectivity index (χ3v) is 3.40. The van der Waals surface area contributed by atoms with Crippen LogP contribution in [0.1, 0.15) is 51.9 Å². The van der Waals surface area contributed by atoms with Crippen molar-refractivity contribution in [2.75, 3.05) is 14.1 Å². The van der Waals surface area contributed by atoms with Crippen molar-refractivity contribution in [1.82, 2.24) is 4.90 Å². The molecule has 1 aliphatic rings. The SMILES string of the molecule is CCCC1(C(=O)N(C)C)CCCCC1. The van der Waals surface area contributed by atoms with Crippen molar-refractivity contribution in [1.29, 1.82) is 0 Å². The second kappa shape index (κ2) is 4.81. The third kappa shape index (κ3) is 2.28. The molecule has 1 aliphatic carbocycles. The second-order valence-electron chi connectivity index (χ2n) is 4.79. The highest BCUT2D eigenvalue weighted by Gasteiger charge is 2.39. The van der Waals surface area contributed by atoms with Crippen LogP contribution in [0.15, 0.2) is 0 Å².